The number of rotatable bonds is 6. The summed E-state index contributed by atoms with van der Waals surface area (Å²) < 4.78 is 18.4. The fourth-order valence-electron chi connectivity index (χ4n) is 1.21. The van der Waals surface area contributed by atoms with Crippen LogP contribution in [0.1, 0.15) is 16.8 Å². The Morgan fingerprint density at radius 1 is 1.59 bits per heavy atom. The number of hydrogen-bond donors (Lipinski definition) is 1. The smallest absolute Gasteiger partial charge is 0.252 e. The van der Waals surface area contributed by atoms with Crippen LogP contribution in [0.3, 0.4) is 0 Å². The lowest BCUT2D eigenvalue weighted by Gasteiger charge is -2.06. The van der Waals surface area contributed by atoms with Crippen molar-refractivity contribution >= 4 is 21.8 Å². The summed E-state index contributed by atoms with van der Waals surface area (Å²) in [5.41, 5.74) is 0.287. The van der Waals surface area contributed by atoms with Gasteiger partial charge >= 0.3 is 0 Å². The topological polar surface area (TPSA) is 38.3 Å². The number of halogens is 2. The monoisotopic (exact) mass is 301 g/mol. The number of hydrogen-bond acceptors (Lipinski definition) is 2. The van der Waals surface area contributed by atoms with Gasteiger partial charge in [-0.1, -0.05) is 6.58 Å². The Bertz CT molecular complexity index is 409. The van der Waals surface area contributed by atoms with Gasteiger partial charge in [-0.2, -0.15) is 0 Å². The zero-order valence-electron chi connectivity index (χ0n) is 9.21. The van der Waals surface area contributed by atoms with Crippen molar-refractivity contribution in [1.29, 1.82) is 0 Å². The van der Waals surface area contributed by atoms with E-state index in [9.17, 15) is 9.18 Å². The van der Waals surface area contributed by atoms with Gasteiger partial charge in [0, 0.05) is 11.0 Å². The number of ether oxygens (including phenoxy) is 1. The zero-order valence-corrected chi connectivity index (χ0v) is 10.8. The molecule has 0 fully saturated rings. The van der Waals surface area contributed by atoms with Crippen molar-refractivity contribution in [3.63, 3.8) is 0 Å². The third-order valence-corrected chi connectivity index (χ3v) is 2.71. The number of amides is 1. The van der Waals surface area contributed by atoms with Crippen LogP contribution in [0.5, 0.6) is 0 Å². The van der Waals surface area contributed by atoms with Crippen molar-refractivity contribution in [2.75, 3.05) is 13.2 Å². The second kappa shape index (κ2) is 7.06. The molecule has 0 heterocycles. The van der Waals surface area contributed by atoms with Crippen molar-refractivity contribution in [3.8, 4) is 0 Å². The van der Waals surface area contributed by atoms with Gasteiger partial charge < -0.3 is 10.1 Å². The number of carbonyl (C=O) groups is 1. The van der Waals surface area contributed by atoms with Gasteiger partial charge in [-0.05, 0) is 40.5 Å². The van der Waals surface area contributed by atoms with Crippen LogP contribution in [0.25, 0.3) is 0 Å². The Hall–Kier alpha value is -1.36. The van der Waals surface area contributed by atoms with Gasteiger partial charge in [-0.15, -0.1) is 0 Å². The summed E-state index contributed by atoms with van der Waals surface area (Å²) in [6.07, 6.45) is 2.02. The molecule has 0 bridgehead atoms. The normalized spacial score (nSPS) is 9.76. The maximum Gasteiger partial charge on any atom is 0.252 e. The molecule has 92 valence electrons. The van der Waals surface area contributed by atoms with E-state index in [4.69, 9.17) is 4.74 Å². The molecule has 0 saturated carbocycles. The molecule has 0 aliphatic heterocycles. The first-order valence-electron chi connectivity index (χ1n) is 5.11. The first-order valence-corrected chi connectivity index (χ1v) is 5.90. The minimum atomic E-state index is -0.437. The number of benzene rings is 1. The third-order valence-electron chi connectivity index (χ3n) is 2.02. The summed E-state index contributed by atoms with van der Waals surface area (Å²) in [5.74, 6) is -0.747. The van der Waals surface area contributed by atoms with Crippen LogP contribution < -0.4 is 5.32 Å². The fourth-order valence-corrected chi connectivity index (χ4v) is 1.63. The molecule has 0 aliphatic rings. The average Bonchev–Trinajstić information content (AvgIpc) is 2.32. The van der Waals surface area contributed by atoms with Gasteiger partial charge in [0.15, 0.2) is 0 Å². The van der Waals surface area contributed by atoms with Crippen LogP contribution in [0, 0.1) is 5.82 Å². The average molecular weight is 302 g/mol. The second-order valence-electron chi connectivity index (χ2n) is 3.27. The molecule has 1 aromatic carbocycles. The SMILES string of the molecule is C=COCCCNC(=O)c1cc(F)ccc1Br. The molecule has 1 amide bonds. The van der Waals surface area contributed by atoms with Gasteiger partial charge in [0.25, 0.3) is 5.91 Å². The van der Waals surface area contributed by atoms with Crippen LogP contribution in [-0.2, 0) is 4.74 Å². The summed E-state index contributed by atoms with van der Waals surface area (Å²) in [6, 6.07) is 3.99. The van der Waals surface area contributed by atoms with Crippen molar-refractivity contribution in [1.82, 2.24) is 5.32 Å². The van der Waals surface area contributed by atoms with Crippen LogP contribution in [0.4, 0.5) is 4.39 Å². The molecule has 5 heteroatoms. The van der Waals surface area contributed by atoms with E-state index in [1.165, 1.54) is 24.5 Å². The van der Waals surface area contributed by atoms with Crippen molar-refractivity contribution < 1.29 is 13.9 Å². The predicted octanol–water partition coefficient (Wildman–Crippen LogP) is 2.87. The maximum atomic E-state index is 13.0. The summed E-state index contributed by atoms with van der Waals surface area (Å²) in [7, 11) is 0. The molecular formula is C12H13BrFNO2. The molecule has 0 atom stereocenters. The highest BCUT2D eigenvalue weighted by atomic mass is 79.9. The predicted molar refractivity (Wildman–Crippen MR) is 67.2 cm³/mol. The molecule has 0 spiro atoms. The Morgan fingerprint density at radius 3 is 3.06 bits per heavy atom. The lowest BCUT2D eigenvalue weighted by Crippen LogP contribution is -2.25. The summed E-state index contributed by atoms with van der Waals surface area (Å²) in [6.45, 7) is 4.37. The molecule has 0 aromatic heterocycles. The minimum Gasteiger partial charge on any atom is -0.502 e. The van der Waals surface area contributed by atoms with E-state index in [1.54, 1.807) is 0 Å². The number of nitrogens with one attached hydrogen (secondary N) is 1. The van der Waals surface area contributed by atoms with E-state index in [1.807, 2.05) is 0 Å². The highest BCUT2D eigenvalue weighted by Crippen LogP contribution is 2.17. The molecule has 1 rings (SSSR count). The quantitative estimate of drug-likeness (QED) is 0.648. The molecule has 0 radical (unpaired) electrons. The molecule has 17 heavy (non-hydrogen) atoms. The van der Waals surface area contributed by atoms with Gasteiger partial charge in [-0.3, -0.25) is 4.79 Å². The maximum absolute atomic E-state index is 13.0. The highest BCUT2D eigenvalue weighted by Gasteiger charge is 2.10. The molecular weight excluding hydrogens is 289 g/mol. The summed E-state index contributed by atoms with van der Waals surface area (Å²) >= 11 is 3.20. The molecule has 0 saturated heterocycles. The minimum absolute atomic E-state index is 0.287. The van der Waals surface area contributed by atoms with Gasteiger partial charge in [0.05, 0.1) is 18.4 Å². The Morgan fingerprint density at radius 2 is 2.35 bits per heavy atom. The lowest BCUT2D eigenvalue weighted by atomic mass is 10.2. The molecule has 0 unspecified atom stereocenters. The molecule has 1 N–H and O–H groups in total. The number of carbonyl (C=O) groups excluding carboxylic acids is 1. The Labute approximate surface area is 108 Å². The van der Waals surface area contributed by atoms with E-state index in [2.05, 4.69) is 27.8 Å². The summed E-state index contributed by atoms with van der Waals surface area (Å²) in [5, 5.41) is 2.68. The van der Waals surface area contributed by atoms with Crippen LogP contribution in [-0.4, -0.2) is 19.1 Å². The van der Waals surface area contributed by atoms with E-state index in [0.29, 0.717) is 24.0 Å². The van der Waals surface area contributed by atoms with Crippen LogP contribution in [0.15, 0.2) is 35.5 Å². The molecule has 3 nitrogen and oxygen atoms in total. The summed E-state index contributed by atoms with van der Waals surface area (Å²) in [4.78, 5) is 11.7. The van der Waals surface area contributed by atoms with Crippen molar-refractivity contribution in [2.45, 2.75) is 6.42 Å². The van der Waals surface area contributed by atoms with Crippen LogP contribution in [0.2, 0.25) is 0 Å². The largest absolute Gasteiger partial charge is 0.502 e. The zero-order chi connectivity index (χ0) is 12.7. The molecule has 0 aliphatic carbocycles. The van der Waals surface area contributed by atoms with E-state index in [-0.39, 0.29) is 11.5 Å². The third kappa shape index (κ3) is 4.56. The van der Waals surface area contributed by atoms with Gasteiger partial charge in [0.1, 0.15) is 5.82 Å². The standard InChI is InChI=1S/C12H13BrFNO2/c1-2-17-7-3-6-15-12(16)10-8-9(14)4-5-11(10)13/h2,4-5,8H,1,3,6-7H2,(H,15,16). The highest BCUT2D eigenvalue weighted by molar-refractivity contribution is 9.10. The first kappa shape index (κ1) is 13.7. The van der Waals surface area contributed by atoms with E-state index in [0.717, 1.165) is 0 Å². The Kier molecular flexibility index (Phi) is 5.69. The lowest BCUT2D eigenvalue weighted by molar-refractivity contribution is 0.0949. The van der Waals surface area contributed by atoms with E-state index >= 15 is 0 Å². The van der Waals surface area contributed by atoms with E-state index < -0.39 is 5.82 Å². The Balaban J connectivity index is 2.46. The van der Waals surface area contributed by atoms with Gasteiger partial charge in [-0.25, -0.2) is 4.39 Å². The van der Waals surface area contributed by atoms with Gasteiger partial charge in [0.2, 0.25) is 0 Å². The van der Waals surface area contributed by atoms with Crippen molar-refractivity contribution in [2.24, 2.45) is 0 Å². The van der Waals surface area contributed by atoms with Crippen molar-refractivity contribution in [3.05, 3.63) is 46.9 Å². The fraction of sp³-hybridized carbons (Fsp3) is 0.250. The first-order chi connectivity index (χ1) is 8.15. The molecule has 1 aromatic rings. The van der Waals surface area contributed by atoms with Crippen LogP contribution >= 0.6 is 15.9 Å². The second-order valence-corrected chi connectivity index (χ2v) is 4.13.